The molecule has 0 N–H and O–H groups in total. The molecule has 2 unspecified atom stereocenters. The second kappa shape index (κ2) is 10.7. The number of rotatable bonds is 2. The van der Waals surface area contributed by atoms with Crippen molar-refractivity contribution in [1.29, 1.82) is 0 Å². The van der Waals surface area contributed by atoms with Crippen LogP contribution in [0, 0.1) is 0 Å². The molecule has 2 saturated heterocycles. The summed E-state index contributed by atoms with van der Waals surface area (Å²) in [6.45, 7) is 12.0. The Labute approximate surface area is 164 Å². The fourth-order valence-electron chi connectivity index (χ4n) is 3.32. The monoisotopic (exact) mass is 438 g/mol. The van der Waals surface area contributed by atoms with E-state index >= 15 is 0 Å². The van der Waals surface area contributed by atoms with Crippen molar-refractivity contribution in [2.75, 3.05) is 108 Å². The number of nitrogens with zero attached hydrogens (tertiary/aromatic N) is 6. The van der Waals surface area contributed by atoms with Gasteiger partial charge in [0.05, 0.1) is 0 Å². The standard InChI is InChI=1S/2C9H20N3.Mo/c2*1-10-4-6-11(2)8-9-12(3)7-5-10;/h2*4H,5-9H2,1-3H3;. The van der Waals surface area contributed by atoms with E-state index in [0.717, 1.165) is 8.86 Å². The van der Waals surface area contributed by atoms with Gasteiger partial charge in [-0.15, -0.1) is 0 Å². The maximum absolute atomic E-state index is 2.66. The topological polar surface area (TPSA) is 19.4 Å². The first-order chi connectivity index (χ1) is 11.8. The van der Waals surface area contributed by atoms with Crippen molar-refractivity contribution in [3.05, 3.63) is 0 Å². The third-order valence-corrected chi connectivity index (χ3v) is 9.68. The normalized spacial score (nSPS) is 32.4. The molecule has 0 aromatic carbocycles. The molecule has 0 amide bonds. The molecular formula is C18H40MoN6. The molecule has 2 rings (SSSR count). The van der Waals surface area contributed by atoms with Crippen LogP contribution in [0.3, 0.4) is 0 Å². The maximum atomic E-state index is 2.66. The SMILES string of the molecule is CN1CCN(C)C[CH]([Mo][CH]2CN(C)CCN(C)CCN2C)N(C)CC1. The van der Waals surface area contributed by atoms with Crippen LogP contribution < -0.4 is 0 Å². The molecular weight excluding hydrogens is 396 g/mol. The first kappa shape index (κ1) is 21.7. The zero-order valence-corrected chi connectivity index (χ0v) is 19.3. The van der Waals surface area contributed by atoms with E-state index in [-0.39, 0.29) is 18.6 Å². The number of likely N-dealkylation sites (N-methyl/N-ethyl adjacent to an activating group) is 6. The number of hydrogen-bond acceptors (Lipinski definition) is 6. The zero-order valence-electron chi connectivity index (χ0n) is 17.3. The van der Waals surface area contributed by atoms with Gasteiger partial charge in [-0.1, -0.05) is 0 Å². The van der Waals surface area contributed by atoms with Crippen molar-refractivity contribution in [2.24, 2.45) is 0 Å². The minimum atomic E-state index is -0.151. The van der Waals surface area contributed by atoms with Crippen molar-refractivity contribution < 1.29 is 18.6 Å². The van der Waals surface area contributed by atoms with Crippen molar-refractivity contribution in [3.8, 4) is 0 Å². The first-order valence-electron chi connectivity index (χ1n) is 9.65. The zero-order chi connectivity index (χ0) is 18.4. The fraction of sp³-hybridized carbons (Fsp3) is 1.00. The van der Waals surface area contributed by atoms with Crippen LogP contribution in [-0.2, 0) is 18.6 Å². The summed E-state index contributed by atoms with van der Waals surface area (Å²) in [5.74, 6) is 0. The van der Waals surface area contributed by atoms with Gasteiger partial charge in [0.1, 0.15) is 0 Å². The van der Waals surface area contributed by atoms with Gasteiger partial charge in [-0.25, -0.2) is 0 Å². The Kier molecular flexibility index (Phi) is 9.30. The third-order valence-electron chi connectivity index (χ3n) is 5.63. The molecule has 2 aliphatic heterocycles. The van der Waals surface area contributed by atoms with Crippen LogP contribution in [0.25, 0.3) is 0 Å². The van der Waals surface area contributed by atoms with Gasteiger partial charge in [0.2, 0.25) is 0 Å². The molecule has 0 saturated carbocycles. The molecule has 0 aliphatic carbocycles. The summed E-state index contributed by atoms with van der Waals surface area (Å²) < 4.78 is 1.53. The van der Waals surface area contributed by atoms with E-state index in [0.29, 0.717) is 0 Å². The number of hydrogen-bond donors (Lipinski definition) is 0. The van der Waals surface area contributed by atoms with Crippen molar-refractivity contribution in [2.45, 2.75) is 8.86 Å². The molecule has 0 aromatic rings. The third kappa shape index (κ3) is 7.53. The van der Waals surface area contributed by atoms with E-state index in [1.54, 1.807) is 0 Å². The van der Waals surface area contributed by atoms with Gasteiger partial charge in [0, 0.05) is 0 Å². The summed E-state index contributed by atoms with van der Waals surface area (Å²) in [4.78, 5) is 15.4. The molecule has 6 nitrogen and oxygen atoms in total. The van der Waals surface area contributed by atoms with E-state index in [4.69, 9.17) is 0 Å². The Morgan fingerprint density at radius 1 is 0.480 bits per heavy atom. The summed E-state index contributed by atoms with van der Waals surface area (Å²) in [5, 5.41) is 0. The molecule has 2 aliphatic rings. The Balaban J connectivity index is 2.03. The van der Waals surface area contributed by atoms with Crippen LogP contribution in [0.4, 0.5) is 0 Å². The molecule has 0 bridgehead atoms. The van der Waals surface area contributed by atoms with Gasteiger partial charge in [-0.05, 0) is 0 Å². The Bertz CT molecular complexity index is 351. The minimum absolute atomic E-state index is 0.151. The first-order valence-corrected chi connectivity index (χ1v) is 12.0. The summed E-state index contributed by atoms with van der Waals surface area (Å²) >= 11 is -0.151. The fourth-order valence-corrected chi connectivity index (χ4v) is 7.43. The van der Waals surface area contributed by atoms with Gasteiger partial charge >= 0.3 is 165 Å². The molecule has 2 heterocycles. The van der Waals surface area contributed by atoms with Gasteiger partial charge in [-0.3, -0.25) is 0 Å². The van der Waals surface area contributed by atoms with E-state index < -0.39 is 0 Å². The summed E-state index contributed by atoms with van der Waals surface area (Å²) in [5.41, 5.74) is 0. The Morgan fingerprint density at radius 3 is 1.20 bits per heavy atom. The van der Waals surface area contributed by atoms with Gasteiger partial charge in [-0.2, -0.15) is 0 Å². The van der Waals surface area contributed by atoms with E-state index in [1.807, 2.05) is 0 Å². The molecule has 25 heavy (non-hydrogen) atoms. The van der Waals surface area contributed by atoms with Gasteiger partial charge in [0.15, 0.2) is 0 Å². The second-order valence-corrected chi connectivity index (χ2v) is 11.5. The quantitative estimate of drug-likeness (QED) is 0.532. The summed E-state index contributed by atoms with van der Waals surface area (Å²) in [6.07, 6.45) is 0. The van der Waals surface area contributed by atoms with Crippen LogP contribution >= 0.6 is 0 Å². The summed E-state index contributed by atoms with van der Waals surface area (Å²) in [6, 6.07) is 0. The second-order valence-electron chi connectivity index (χ2n) is 8.14. The Hall–Kier alpha value is 0.448. The van der Waals surface area contributed by atoms with Crippen LogP contribution in [0.1, 0.15) is 0 Å². The average Bonchev–Trinajstić information content (AvgIpc) is 2.67. The van der Waals surface area contributed by atoms with Crippen LogP contribution in [0.15, 0.2) is 0 Å². The van der Waals surface area contributed by atoms with Gasteiger partial charge < -0.3 is 0 Å². The van der Waals surface area contributed by atoms with E-state index in [9.17, 15) is 0 Å². The van der Waals surface area contributed by atoms with Crippen LogP contribution in [0.2, 0.25) is 0 Å². The molecule has 0 radical (unpaired) electrons. The molecule has 7 heteroatoms. The predicted octanol–water partition coefficient (Wildman–Crippen LogP) is -0.661. The Morgan fingerprint density at radius 2 is 0.800 bits per heavy atom. The van der Waals surface area contributed by atoms with Crippen molar-refractivity contribution in [1.82, 2.24) is 29.4 Å². The predicted molar refractivity (Wildman–Crippen MR) is 103 cm³/mol. The van der Waals surface area contributed by atoms with E-state index in [1.165, 1.54) is 65.4 Å². The molecule has 148 valence electrons. The molecule has 2 atom stereocenters. The van der Waals surface area contributed by atoms with Crippen molar-refractivity contribution in [3.63, 3.8) is 0 Å². The molecule has 0 aromatic heterocycles. The van der Waals surface area contributed by atoms with E-state index in [2.05, 4.69) is 71.7 Å². The molecule has 2 fully saturated rings. The van der Waals surface area contributed by atoms with Crippen molar-refractivity contribution >= 4 is 0 Å². The van der Waals surface area contributed by atoms with Gasteiger partial charge in [0.25, 0.3) is 0 Å². The molecule has 0 spiro atoms. The van der Waals surface area contributed by atoms with Crippen LogP contribution in [0.5, 0.6) is 0 Å². The summed E-state index contributed by atoms with van der Waals surface area (Å²) in [7, 11) is 13.8. The average molecular weight is 437 g/mol. The van der Waals surface area contributed by atoms with Crippen LogP contribution in [-0.4, -0.2) is 146 Å².